The van der Waals surface area contributed by atoms with Gasteiger partial charge in [-0.3, -0.25) is 0 Å². The Morgan fingerprint density at radius 1 is 1.44 bits per heavy atom. The molecule has 18 heavy (non-hydrogen) atoms. The molecule has 0 amide bonds. The maximum atomic E-state index is 12.5. The lowest BCUT2D eigenvalue weighted by molar-refractivity contribution is -0.119. The topological polar surface area (TPSA) is 29.3 Å². The van der Waals surface area contributed by atoms with Gasteiger partial charge in [-0.1, -0.05) is 29.9 Å². The first kappa shape index (κ1) is 15.0. The molecule has 1 aromatic carbocycles. The molecule has 0 fully saturated rings. The van der Waals surface area contributed by atoms with Crippen molar-refractivity contribution in [2.24, 2.45) is 5.73 Å². The van der Waals surface area contributed by atoms with Crippen molar-refractivity contribution in [1.29, 1.82) is 0 Å². The van der Waals surface area contributed by atoms with Crippen LogP contribution in [0.3, 0.4) is 0 Å². The van der Waals surface area contributed by atoms with Crippen molar-refractivity contribution in [3.63, 3.8) is 0 Å². The summed E-state index contributed by atoms with van der Waals surface area (Å²) >= 11 is 10.8. The highest BCUT2D eigenvalue weighted by Gasteiger charge is 2.31. The first-order valence-corrected chi connectivity index (χ1v) is 5.95. The quantitative estimate of drug-likeness (QED) is 0.864. The summed E-state index contributed by atoms with van der Waals surface area (Å²) in [5.41, 5.74) is 6.09. The van der Waals surface area contributed by atoms with Gasteiger partial charge >= 0.3 is 6.18 Å². The zero-order chi connectivity index (χ0) is 13.9. The number of alkyl halides is 3. The Labute approximate surface area is 114 Å². The van der Waals surface area contributed by atoms with Crippen LogP contribution in [0.15, 0.2) is 18.2 Å². The minimum atomic E-state index is -4.30. The van der Waals surface area contributed by atoms with Crippen LogP contribution in [0, 0.1) is 0 Å². The standard InChI is InChI=1S/C11H12ClF3N2S/c1-2-17(6-11(13,14)15)8-5-3-4-7(12)9(8)10(16)18/h3-5H,2,6H2,1H3,(H2,16,18). The molecule has 7 heteroatoms. The largest absolute Gasteiger partial charge is 0.405 e. The lowest BCUT2D eigenvalue weighted by Crippen LogP contribution is -2.35. The normalized spacial score (nSPS) is 11.4. The highest BCUT2D eigenvalue weighted by Crippen LogP contribution is 2.29. The molecule has 0 unspecified atom stereocenters. The number of thiocarbonyl (C=S) groups is 1. The van der Waals surface area contributed by atoms with Crippen LogP contribution in [0.25, 0.3) is 0 Å². The second-order valence-electron chi connectivity index (χ2n) is 3.63. The van der Waals surface area contributed by atoms with Crippen molar-refractivity contribution < 1.29 is 13.2 Å². The smallest absolute Gasteiger partial charge is 0.389 e. The number of hydrogen-bond donors (Lipinski definition) is 1. The maximum absolute atomic E-state index is 12.5. The summed E-state index contributed by atoms with van der Waals surface area (Å²) in [5.74, 6) is 0. The number of nitrogens with zero attached hydrogens (tertiary/aromatic N) is 1. The van der Waals surface area contributed by atoms with E-state index in [-0.39, 0.29) is 22.1 Å². The number of nitrogens with two attached hydrogens (primary N) is 1. The zero-order valence-corrected chi connectivity index (χ0v) is 11.2. The van der Waals surface area contributed by atoms with Crippen LogP contribution < -0.4 is 10.6 Å². The third-order valence-electron chi connectivity index (χ3n) is 2.33. The number of halogens is 4. The second kappa shape index (κ2) is 5.75. The van der Waals surface area contributed by atoms with Gasteiger partial charge in [-0.25, -0.2) is 0 Å². The van der Waals surface area contributed by atoms with Crippen molar-refractivity contribution in [3.8, 4) is 0 Å². The van der Waals surface area contributed by atoms with E-state index < -0.39 is 12.7 Å². The summed E-state index contributed by atoms with van der Waals surface area (Å²) in [5, 5.41) is 0.251. The second-order valence-corrected chi connectivity index (χ2v) is 4.47. The van der Waals surface area contributed by atoms with Gasteiger partial charge in [0.15, 0.2) is 0 Å². The van der Waals surface area contributed by atoms with Gasteiger partial charge in [0.05, 0.1) is 10.6 Å². The fraction of sp³-hybridized carbons (Fsp3) is 0.364. The van der Waals surface area contributed by atoms with Crippen LogP contribution in [0.4, 0.5) is 18.9 Å². The van der Waals surface area contributed by atoms with E-state index in [0.29, 0.717) is 5.69 Å². The van der Waals surface area contributed by atoms with E-state index in [9.17, 15) is 13.2 Å². The van der Waals surface area contributed by atoms with Crippen LogP contribution in [-0.2, 0) is 0 Å². The molecule has 0 saturated carbocycles. The Hall–Kier alpha value is -1.01. The molecule has 2 nitrogen and oxygen atoms in total. The Kier molecular flexibility index (Phi) is 4.81. The highest BCUT2D eigenvalue weighted by atomic mass is 35.5. The molecule has 0 aliphatic rings. The fourth-order valence-electron chi connectivity index (χ4n) is 1.60. The zero-order valence-electron chi connectivity index (χ0n) is 9.59. The summed E-state index contributed by atoms with van der Waals surface area (Å²) in [6.45, 7) is 0.727. The predicted octanol–water partition coefficient (Wildman–Crippen LogP) is 3.36. The van der Waals surface area contributed by atoms with Crippen LogP contribution in [0.2, 0.25) is 5.02 Å². The van der Waals surface area contributed by atoms with E-state index in [1.807, 2.05) is 0 Å². The molecular formula is C11H12ClF3N2S. The Balaban J connectivity index is 3.21. The SMILES string of the molecule is CCN(CC(F)(F)F)c1cccc(Cl)c1C(N)=S. The fourth-order valence-corrected chi connectivity index (χ4v) is 2.15. The lowest BCUT2D eigenvalue weighted by atomic mass is 10.1. The predicted molar refractivity (Wildman–Crippen MR) is 71.3 cm³/mol. The average Bonchev–Trinajstić information content (AvgIpc) is 2.23. The third kappa shape index (κ3) is 3.74. The molecule has 0 bridgehead atoms. The summed E-state index contributed by atoms with van der Waals surface area (Å²) in [6, 6.07) is 4.63. The van der Waals surface area contributed by atoms with Crippen molar-refractivity contribution in [1.82, 2.24) is 0 Å². The molecule has 2 N–H and O–H groups in total. The van der Waals surface area contributed by atoms with E-state index in [2.05, 4.69) is 0 Å². The molecule has 0 aliphatic carbocycles. The van der Waals surface area contributed by atoms with Crippen LogP contribution in [0.1, 0.15) is 12.5 Å². The molecule has 0 spiro atoms. The number of benzene rings is 1. The van der Waals surface area contributed by atoms with E-state index in [0.717, 1.165) is 4.90 Å². The van der Waals surface area contributed by atoms with Gasteiger partial charge in [0.2, 0.25) is 0 Å². The molecule has 0 radical (unpaired) electrons. The van der Waals surface area contributed by atoms with Gasteiger partial charge < -0.3 is 10.6 Å². The summed E-state index contributed by atoms with van der Waals surface area (Å²) in [4.78, 5) is 1.12. The molecule has 100 valence electrons. The number of anilines is 1. The minimum absolute atomic E-state index is 0.0174. The summed E-state index contributed by atoms with van der Waals surface area (Å²) in [6.07, 6.45) is -4.30. The molecule has 1 rings (SSSR count). The molecule has 0 aromatic heterocycles. The van der Waals surface area contributed by atoms with Gasteiger partial charge in [-0.05, 0) is 19.1 Å². The lowest BCUT2D eigenvalue weighted by Gasteiger charge is -2.26. The van der Waals surface area contributed by atoms with Gasteiger partial charge in [-0.15, -0.1) is 0 Å². The highest BCUT2D eigenvalue weighted by molar-refractivity contribution is 7.80. The van der Waals surface area contributed by atoms with E-state index in [1.54, 1.807) is 19.1 Å². The van der Waals surface area contributed by atoms with Gasteiger partial charge in [0.25, 0.3) is 0 Å². The average molecular weight is 297 g/mol. The van der Waals surface area contributed by atoms with Crippen LogP contribution in [-0.4, -0.2) is 24.3 Å². The van der Waals surface area contributed by atoms with E-state index >= 15 is 0 Å². The summed E-state index contributed by atoms with van der Waals surface area (Å²) < 4.78 is 37.4. The summed E-state index contributed by atoms with van der Waals surface area (Å²) in [7, 11) is 0. The monoisotopic (exact) mass is 296 g/mol. The van der Waals surface area contributed by atoms with Gasteiger partial charge in [0.1, 0.15) is 11.5 Å². The molecule has 0 aliphatic heterocycles. The van der Waals surface area contributed by atoms with E-state index in [1.165, 1.54) is 6.07 Å². The molecular weight excluding hydrogens is 285 g/mol. The molecule has 0 heterocycles. The molecule has 1 aromatic rings. The van der Waals surface area contributed by atoms with Gasteiger partial charge in [0, 0.05) is 12.2 Å². The maximum Gasteiger partial charge on any atom is 0.405 e. The Morgan fingerprint density at radius 3 is 2.50 bits per heavy atom. The van der Waals surface area contributed by atoms with Crippen molar-refractivity contribution >= 4 is 34.5 Å². The number of rotatable bonds is 4. The van der Waals surface area contributed by atoms with Gasteiger partial charge in [-0.2, -0.15) is 13.2 Å². The third-order valence-corrected chi connectivity index (χ3v) is 2.85. The first-order valence-electron chi connectivity index (χ1n) is 5.16. The molecule has 0 atom stereocenters. The Morgan fingerprint density at radius 2 is 2.06 bits per heavy atom. The van der Waals surface area contributed by atoms with Crippen molar-refractivity contribution in [2.45, 2.75) is 13.1 Å². The minimum Gasteiger partial charge on any atom is -0.389 e. The van der Waals surface area contributed by atoms with E-state index in [4.69, 9.17) is 29.6 Å². The molecule has 0 saturated heterocycles. The number of hydrogen-bond acceptors (Lipinski definition) is 2. The van der Waals surface area contributed by atoms with Crippen LogP contribution in [0.5, 0.6) is 0 Å². The Bertz CT molecular complexity index is 448. The van der Waals surface area contributed by atoms with Crippen molar-refractivity contribution in [3.05, 3.63) is 28.8 Å². The van der Waals surface area contributed by atoms with Crippen molar-refractivity contribution in [2.75, 3.05) is 18.0 Å². The first-order chi connectivity index (χ1) is 8.26. The van der Waals surface area contributed by atoms with Crippen LogP contribution >= 0.6 is 23.8 Å².